The Hall–Kier alpha value is 0.110. The largest absolute Gasteiger partial charge is 0.366 e. The maximum atomic E-state index is 5.94. The first-order valence-corrected chi connectivity index (χ1v) is 5.90. The molecule has 0 unspecified atom stereocenters. The fourth-order valence-electron chi connectivity index (χ4n) is 0.897. The molecule has 0 heterocycles. The smallest absolute Gasteiger partial charge is 0.0922 e. The lowest BCUT2D eigenvalue weighted by Gasteiger charge is -2.06. The summed E-state index contributed by atoms with van der Waals surface area (Å²) < 4.78 is 5.32. The van der Waals surface area contributed by atoms with Gasteiger partial charge in [0.2, 0.25) is 0 Å². The molecule has 0 atom stereocenters. The number of hydrogen-bond donors (Lipinski definition) is 0. The van der Waals surface area contributed by atoms with Gasteiger partial charge in [0.1, 0.15) is 0 Å². The Morgan fingerprint density at radius 3 is 2.46 bits per heavy atom. The Labute approximate surface area is 92.4 Å². The fourth-order valence-corrected chi connectivity index (χ4v) is 1.65. The molecule has 4 heteroatoms. The number of ether oxygens (including phenoxy) is 1. The zero-order valence-electron chi connectivity index (χ0n) is 7.22. The van der Waals surface area contributed by atoms with Crippen molar-refractivity contribution in [3.05, 3.63) is 33.8 Å². The van der Waals surface area contributed by atoms with Gasteiger partial charge in [-0.05, 0) is 18.4 Å². The first-order valence-electron chi connectivity index (χ1n) is 3.75. The van der Waals surface area contributed by atoms with E-state index in [0.29, 0.717) is 22.6 Å². The molecule has 13 heavy (non-hydrogen) atoms. The number of rotatable bonds is 4. The molecule has 0 aliphatic heterocycles. The van der Waals surface area contributed by atoms with Gasteiger partial charge in [0.05, 0.1) is 12.5 Å². The van der Waals surface area contributed by atoms with Crippen LogP contribution < -0.4 is 0 Å². The van der Waals surface area contributed by atoms with Crippen molar-refractivity contribution in [2.45, 2.75) is 6.61 Å². The van der Waals surface area contributed by atoms with Gasteiger partial charge in [-0.15, -0.1) is 11.8 Å². The van der Waals surface area contributed by atoms with E-state index in [2.05, 4.69) is 0 Å². The highest BCUT2D eigenvalue weighted by atomic mass is 35.5. The van der Waals surface area contributed by atoms with Crippen molar-refractivity contribution in [3.63, 3.8) is 0 Å². The van der Waals surface area contributed by atoms with E-state index in [4.69, 9.17) is 27.9 Å². The number of halogens is 2. The second kappa shape index (κ2) is 5.76. The zero-order valence-corrected chi connectivity index (χ0v) is 9.55. The summed E-state index contributed by atoms with van der Waals surface area (Å²) in [5.41, 5.74) is 0.861. The second-order valence-corrected chi connectivity index (χ2v) is 4.08. The highest BCUT2D eigenvalue weighted by molar-refractivity contribution is 7.98. The second-order valence-electron chi connectivity index (χ2n) is 2.46. The number of benzene rings is 1. The molecule has 0 radical (unpaired) electrons. The predicted molar refractivity (Wildman–Crippen MR) is 59.6 cm³/mol. The van der Waals surface area contributed by atoms with E-state index in [-0.39, 0.29) is 0 Å². The average molecular weight is 237 g/mol. The molecule has 0 aliphatic rings. The highest BCUT2D eigenvalue weighted by Gasteiger charge is 2.04. The molecule has 0 saturated carbocycles. The van der Waals surface area contributed by atoms with Crippen LogP contribution in [-0.2, 0) is 11.3 Å². The Balaban J connectivity index is 2.64. The molecule has 1 aromatic rings. The minimum absolute atomic E-state index is 0.472. The van der Waals surface area contributed by atoms with Gasteiger partial charge in [0.25, 0.3) is 0 Å². The molecule has 0 fully saturated rings. The van der Waals surface area contributed by atoms with Crippen molar-refractivity contribution in [1.82, 2.24) is 0 Å². The Morgan fingerprint density at radius 2 is 1.92 bits per heavy atom. The molecule has 1 rings (SSSR count). The third-order valence-corrected chi connectivity index (χ3v) is 2.62. The lowest BCUT2D eigenvalue weighted by molar-refractivity contribution is 0.169. The van der Waals surface area contributed by atoms with Gasteiger partial charge in [-0.3, -0.25) is 0 Å². The summed E-state index contributed by atoms with van der Waals surface area (Å²) in [6.07, 6.45) is 1.98. The summed E-state index contributed by atoms with van der Waals surface area (Å²) in [5.74, 6) is 0.654. The van der Waals surface area contributed by atoms with Gasteiger partial charge in [-0.25, -0.2) is 0 Å². The summed E-state index contributed by atoms with van der Waals surface area (Å²) >= 11 is 13.5. The number of hydrogen-bond acceptors (Lipinski definition) is 2. The van der Waals surface area contributed by atoms with Crippen LogP contribution in [0, 0.1) is 0 Å². The van der Waals surface area contributed by atoms with Gasteiger partial charge in [0, 0.05) is 15.6 Å². The minimum atomic E-state index is 0.472. The number of thioether (sulfide) groups is 1. The molecule has 0 amide bonds. The normalized spacial score (nSPS) is 10.4. The van der Waals surface area contributed by atoms with Gasteiger partial charge < -0.3 is 4.74 Å². The van der Waals surface area contributed by atoms with E-state index in [1.165, 1.54) is 0 Å². The lowest BCUT2D eigenvalue weighted by Crippen LogP contribution is -1.93. The monoisotopic (exact) mass is 236 g/mol. The van der Waals surface area contributed by atoms with Crippen molar-refractivity contribution >= 4 is 35.0 Å². The van der Waals surface area contributed by atoms with E-state index in [1.807, 2.05) is 24.5 Å². The van der Waals surface area contributed by atoms with Crippen molar-refractivity contribution in [3.8, 4) is 0 Å². The summed E-state index contributed by atoms with van der Waals surface area (Å²) in [6.45, 7) is 0.472. The van der Waals surface area contributed by atoms with E-state index < -0.39 is 0 Å². The van der Waals surface area contributed by atoms with Gasteiger partial charge >= 0.3 is 0 Å². The van der Waals surface area contributed by atoms with E-state index in [9.17, 15) is 0 Å². The summed E-state index contributed by atoms with van der Waals surface area (Å²) in [6, 6.07) is 5.44. The van der Waals surface area contributed by atoms with Crippen LogP contribution in [0.3, 0.4) is 0 Å². The summed E-state index contributed by atoms with van der Waals surface area (Å²) in [7, 11) is 0. The van der Waals surface area contributed by atoms with E-state index >= 15 is 0 Å². The Bertz CT molecular complexity index is 258. The third kappa shape index (κ3) is 3.39. The molecule has 1 nitrogen and oxygen atoms in total. The van der Waals surface area contributed by atoms with Crippen LogP contribution >= 0.6 is 35.0 Å². The van der Waals surface area contributed by atoms with Crippen LogP contribution in [0.25, 0.3) is 0 Å². The van der Waals surface area contributed by atoms with Crippen molar-refractivity contribution < 1.29 is 4.74 Å². The summed E-state index contributed by atoms with van der Waals surface area (Å²) in [5, 5.41) is 1.32. The maximum absolute atomic E-state index is 5.94. The first kappa shape index (κ1) is 11.2. The lowest BCUT2D eigenvalue weighted by atomic mass is 10.2. The van der Waals surface area contributed by atoms with Gasteiger partial charge in [0.15, 0.2) is 0 Å². The Kier molecular flexibility index (Phi) is 4.96. The van der Waals surface area contributed by atoms with Crippen LogP contribution in [0.15, 0.2) is 18.2 Å². The molecule has 0 aromatic heterocycles. The molecule has 0 spiro atoms. The van der Waals surface area contributed by atoms with Crippen LogP contribution in [0.4, 0.5) is 0 Å². The third-order valence-electron chi connectivity index (χ3n) is 1.51. The summed E-state index contributed by atoms with van der Waals surface area (Å²) in [4.78, 5) is 0. The van der Waals surface area contributed by atoms with Crippen molar-refractivity contribution in [1.29, 1.82) is 0 Å². The standard InChI is InChI=1S/C9H10Cl2OS/c1-13-6-12-5-7-8(10)3-2-4-9(7)11/h2-4H,5-6H2,1H3. The topological polar surface area (TPSA) is 9.23 Å². The van der Waals surface area contributed by atoms with Crippen molar-refractivity contribution in [2.24, 2.45) is 0 Å². The highest BCUT2D eigenvalue weighted by Crippen LogP contribution is 2.24. The fraction of sp³-hybridized carbons (Fsp3) is 0.333. The van der Waals surface area contributed by atoms with Gasteiger partial charge in [-0.2, -0.15) is 0 Å². The molecule has 0 N–H and O–H groups in total. The predicted octanol–water partition coefficient (Wildman–Crippen LogP) is 3.83. The minimum Gasteiger partial charge on any atom is -0.366 e. The van der Waals surface area contributed by atoms with Crippen molar-refractivity contribution in [2.75, 3.05) is 12.2 Å². The maximum Gasteiger partial charge on any atom is 0.0922 e. The van der Waals surface area contributed by atoms with Crippen LogP contribution in [-0.4, -0.2) is 12.2 Å². The quantitative estimate of drug-likeness (QED) is 0.581. The van der Waals surface area contributed by atoms with E-state index in [0.717, 1.165) is 5.56 Å². The Morgan fingerprint density at radius 1 is 1.31 bits per heavy atom. The molecular weight excluding hydrogens is 227 g/mol. The zero-order chi connectivity index (χ0) is 9.68. The van der Waals surface area contributed by atoms with Gasteiger partial charge in [-0.1, -0.05) is 29.3 Å². The average Bonchev–Trinajstić information content (AvgIpc) is 2.10. The van der Waals surface area contributed by atoms with Crippen LogP contribution in [0.5, 0.6) is 0 Å². The molecule has 1 aromatic carbocycles. The SMILES string of the molecule is CSCOCc1c(Cl)cccc1Cl. The molecule has 0 aliphatic carbocycles. The molecule has 0 bridgehead atoms. The van der Waals surface area contributed by atoms with Crippen LogP contribution in [0.2, 0.25) is 10.0 Å². The first-order chi connectivity index (χ1) is 6.25. The van der Waals surface area contributed by atoms with E-state index in [1.54, 1.807) is 11.8 Å². The molecule has 0 saturated heterocycles. The van der Waals surface area contributed by atoms with Crippen LogP contribution in [0.1, 0.15) is 5.56 Å². The molecule has 72 valence electrons. The molecular formula is C9H10Cl2OS.